The van der Waals surface area contributed by atoms with E-state index in [2.05, 4.69) is 10.9 Å². The number of hydrazine groups is 1. The molecule has 1 aromatic carbocycles. The minimum atomic E-state index is -1.03. The smallest absolute Gasteiger partial charge is 0.283 e. The molecule has 1 aliphatic heterocycles. The maximum atomic E-state index is 11.9. The van der Waals surface area contributed by atoms with Crippen LogP contribution >= 0.6 is 23.2 Å². The molecule has 0 spiro atoms. The maximum Gasteiger partial charge on any atom is 0.283 e. The molecule has 21 heavy (non-hydrogen) atoms. The summed E-state index contributed by atoms with van der Waals surface area (Å²) in [5, 5.41) is 0. The lowest BCUT2D eigenvalue weighted by Crippen LogP contribution is -2.51. The first kappa shape index (κ1) is 14.3. The number of benzene rings is 1. The Morgan fingerprint density at radius 3 is 2.43 bits per heavy atom. The molecule has 1 fully saturated rings. The van der Waals surface area contributed by atoms with Crippen molar-refractivity contribution in [3.8, 4) is 11.5 Å². The van der Waals surface area contributed by atoms with Gasteiger partial charge in [0.1, 0.15) is 10.9 Å². The molecule has 0 unspecified atom stereocenters. The number of alkyl halides is 2. The van der Waals surface area contributed by atoms with Crippen LogP contribution in [0.5, 0.6) is 11.5 Å². The van der Waals surface area contributed by atoms with Gasteiger partial charge in [-0.25, -0.2) is 0 Å². The molecular weight excluding hydrogens is 319 g/mol. The van der Waals surface area contributed by atoms with Gasteiger partial charge in [0.05, 0.1) is 5.92 Å². The number of hydrogen-bond acceptors (Lipinski definition) is 4. The number of rotatable bonds is 2. The summed E-state index contributed by atoms with van der Waals surface area (Å²) >= 11 is 11.5. The molecule has 0 aromatic heterocycles. The summed E-state index contributed by atoms with van der Waals surface area (Å²) in [7, 11) is 0. The highest BCUT2D eigenvalue weighted by Gasteiger charge is 2.56. The van der Waals surface area contributed by atoms with Crippen molar-refractivity contribution in [1.82, 2.24) is 10.9 Å². The van der Waals surface area contributed by atoms with Crippen LogP contribution in [0.15, 0.2) is 24.3 Å². The van der Waals surface area contributed by atoms with Gasteiger partial charge in [-0.1, -0.05) is 12.1 Å². The normalized spacial score (nSPS) is 24.9. The molecule has 1 saturated carbocycles. The van der Waals surface area contributed by atoms with Crippen molar-refractivity contribution in [1.29, 1.82) is 0 Å². The maximum absolute atomic E-state index is 11.9. The number of halogens is 2. The molecule has 2 atom stereocenters. The number of carbonyl (C=O) groups is 2. The molecule has 112 valence electrons. The fourth-order valence-corrected chi connectivity index (χ4v) is 2.44. The lowest BCUT2D eigenvalue weighted by Gasteiger charge is -2.25. The Morgan fingerprint density at radius 2 is 1.76 bits per heavy atom. The molecule has 2 aliphatic rings. The standard InChI is InChI=1S/C13H12Cl2N2O4/c14-13(15)5-7(13)11(18)16-17-12(19)10-6-20-8-3-1-2-4-9(8)21-10/h1-4,7,10H,5-6H2,(H,16,18)(H,17,19)/t7-,10+/m0/s1. The number of para-hydroxylation sites is 2. The van der Waals surface area contributed by atoms with E-state index in [1.807, 2.05) is 6.07 Å². The van der Waals surface area contributed by atoms with Gasteiger partial charge in [-0.2, -0.15) is 0 Å². The fraction of sp³-hybridized carbons (Fsp3) is 0.385. The summed E-state index contributed by atoms with van der Waals surface area (Å²) < 4.78 is 9.89. The Labute approximate surface area is 130 Å². The van der Waals surface area contributed by atoms with Gasteiger partial charge in [0.2, 0.25) is 12.0 Å². The first-order chi connectivity index (χ1) is 9.97. The average molecular weight is 331 g/mol. The number of ether oxygens (including phenoxy) is 2. The molecule has 0 radical (unpaired) electrons. The van der Waals surface area contributed by atoms with Crippen LogP contribution in [-0.4, -0.2) is 28.9 Å². The third-order valence-electron chi connectivity index (χ3n) is 3.25. The second-order valence-corrected chi connectivity index (χ2v) is 6.40. The van der Waals surface area contributed by atoms with Crippen molar-refractivity contribution in [3.63, 3.8) is 0 Å². The van der Waals surface area contributed by atoms with Gasteiger partial charge in [-0.15, -0.1) is 23.2 Å². The molecule has 2 amide bonds. The second kappa shape index (κ2) is 5.27. The minimum Gasteiger partial charge on any atom is -0.485 e. The number of nitrogens with one attached hydrogen (secondary N) is 2. The molecule has 0 saturated heterocycles. The fourth-order valence-electron chi connectivity index (χ4n) is 1.94. The molecule has 6 nitrogen and oxygen atoms in total. The van der Waals surface area contributed by atoms with Crippen molar-refractivity contribution >= 4 is 35.0 Å². The Morgan fingerprint density at radius 1 is 1.14 bits per heavy atom. The van der Waals surface area contributed by atoms with Crippen molar-refractivity contribution in [2.24, 2.45) is 5.92 Å². The van der Waals surface area contributed by atoms with Gasteiger partial charge in [0, 0.05) is 0 Å². The van der Waals surface area contributed by atoms with Crippen LogP contribution in [0.1, 0.15) is 6.42 Å². The summed E-state index contributed by atoms with van der Waals surface area (Å²) in [6.45, 7) is 0.0666. The van der Waals surface area contributed by atoms with Crippen LogP contribution in [0.2, 0.25) is 0 Å². The van der Waals surface area contributed by atoms with Crippen LogP contribution < -0.4 is 20.3 Å². The monoisotopic (exact) mass is 330 g/mol. The zero-order valence-electron chi connectivity index (χ0n) is 10.8. The third kappa shape index (κ3) is 3.01. The van der Waals surface area contributed by atoms with Crippen LogP contribution in [0.3, 0.4) is 0 Å². The van der Waals surface area contributed by atoms with Crippen molar-refractivity contribution in [3.05, 3.63) is 24.3 Å². The highest BCUT2D eigenvalue weighted by Crippen LogP contribution is 2.53. The minimum absolute atomic E-state index is 0.0666. The van der Waals surface area contributed by atoms with Crippen molar-refractivity contribution in [2.75, 3.05) is 6.61 Å². The molecule has 1 aromatic rings. The van der Waals surface area contributed by atoms with Crippen LogP contribution in [0, 0.1) is 5.92 Å². The largest absolute Gasteiger partial charge is 0.485 e. The summed E-state index contributed by atoms with van der Waals surface area (Å²) in [5.74, 6) is -0.375. The SMILES string of the molecule is O=C(NNC(=O)[C@@H]1CC1(Cl)Cl)[C@H]1COc2ccccc2O1. The predicted molar refractivity (Wildman–Crippen MR) is 75.2 cm³/mol. The third-order valence-corrected chi connectivity index (χ3v) is 4.09. The van der Waals surface area contributed by atoms with Gasteiger partial charge >= 0.3 is 0 Å². The summed E-state index contributed by atoms with van der Waals surface area (Å²) in [6, 6.07) is 7.03. The highest BCUT2D eigenvalue weighted by molar-refractivity contribution is 6.52. The molecule has 8 heteroatoms. The van der Waals surface area contributed by atoms with E-state index in [4.69, 9.17) is 32.7 Å². The van der Waals surface area contributed by atoms with Gasteiger partial charge < -0.3 is 9.47 Å². The van der Waals surface area contributed by atoms with E-state index in [1.54, 1.807) is 18.2 Å². The molecule has 0 bridgehead atoms. The van der Waals surface area contributed by atoms with Crippen LogP contribution in [-0.2, 0) is 9.59 Å². The Hall–Kier alpha value is -1.66. The topological polar surface area (TPSA) is 76.7 Å². The zero-order chi connectivity index (χ0) is 15.0. The molecule has 1 heterocycles. The summed E-state index contributed by atoms with van der Waals surface area (Å²) in [6.07, 6.45) is -0.468. The predicted octanol–water partition coefficient (Wildman–Crippen LogP) is 1.17. The van der Waals surface area contributed by atoms with Gasteiger partial charge in [-0.3, -0.25) is 20.4 Å². The molecule has 2 N–H and O–H groups in total. The lowest BCUT2D eigenvalue weighted by atomic mass is 10.2. The van der Waals surface area contributed by atoms with E-state index in [-0.39, 0.29) is 6.61 Å². The lowest BCUT2D eigenvalue weighted by molar-refractivity contribution is -0.135. The Balaban J connectivity index is 1.52. The number of carbonyl (C=O) groups excluding carboxylic acids is 2. The summed E-state index contributed by atoms with van der Waals surface area (Å²) in [4.78, 5) is 23.6. The van der Waals surface area contributed by atoms with E-state index in [9.17, 15) is 9.59 Å². The average Bonchev–Trinajstić information content (AvgIpc) is 3.13. The van der Waals surface area contributed by atoms with Crippen molar-refractivity contribution in [2.45, 2.75) is 16.9 Å². The van der Waals surface area contributed by atoms with E-state index in [1.165, 1.54) is 0 Å². The first-order valence-electron chi connectivity index (χ1n) is 6.33. The Bertz CT molecular complexity index is 593. The molecular formula is C13H12Cl2N2O4. The van der Waals surface area contributed by atoms with Gasteiger partial charge in [0.25, 0.3) is 5.91 Å². The molecule has 1 aliphatic carbocycles. The number of hydrogen-bond donors (Lipinski definition) is 2. The quantitative estimate of drug-likeness (QED) is 0.630. The van der Waals surface area contributed by atoms with E-state index in [0.717, 1.165) is 0 Å². The van der Waals surface area contributed by atoms with Crippen LogP contribution in [0.4, 0.5) is 0 Å². The van der Waals surface area contributed by atoms with E-state index >= 15 is 0 Å². The van der Waals surface area contributed by atoms with E-state index in [0.29, 0.717) is 17.9 Å². The summed E-state index contributed by atoms with van der Waals surface area (Å²) in [5.41, 5.74) is 4.56. The van der Waals surface area contributed by atoms with E-state index < -0.39 is 28.2 Å². The zero-order valence-corrected chi connectivity index (χ0v) is 12.3. The number of fused-ring (bicyclic) bond motifs is 1. The first-order valence-corrected chi connectivity index (χ1v) is 7.09. The second-order valence-electron chi connectivity index (χ2n) is 4.86. The van der Waals surface area contributed by atoms with Gasteiger partial charge in [0.15, 0.2) is 11.5 Å². The highest BCUT2D eigenvalue weighted by atomic mass is 35.5. The number of amides is 2. The van der Waals surface area contributed by atoms with Crippen molar-refractivity contribution < 1.29 is 19.1 Å². The molecule has 3 rings (SSSR count). The Kier molecular flexibility index (Phi) is 3.59. The van der Waals surface area contributed by atoms with Crippen LogP contribution in [0.25, 0.3) is 0 Å². The van der Waals surface area contributed by atoms with Gasteiger partial charge in [-0.05, 0) is 18.6 Å².